The molecule has 0 bridgehead atoms. The van der Waals surface area contributed by atoms with Gasteiger partial charge in [-0.25, -0.2) is 4.79 Å². The number of hydrogen-bond donors (Lipinski definition) is 2. The minimum Gasteiger partial charge on any atom is -0.450 e. The van der Waals surface area contributed by atoms with Gasteiger partial charge in [0.15, 0.2) is 5.82 Å². The van der Waals surface area contributed by atoms with Gasteiger partial charge < -0.3 is 20.3 Å². The third kappa shape index (κ3) is 5.68. The van der Waals surface area contributed by atoms with E-state index in [0.717, 1.165) is 18.4 Å². The maximum atomic E-state index is 11.8. The van der Waals surface area contributed by atoms with Gasteiger partial charge in [-0.1, -0.05) is 23.7 Å². The van der Waals surface area contributed by atoms with Gasteiger partial charge in [0.05, 0.1) is 12.8 Å². The van der Waals surface area contributed by atoms with Gasteiger partial charge in [-0.2, -0.15) is 10.1 Å². The molecule has 2 aromatic rings. The van der Waals surface area contributed by atoms with E-state index in [1.165, 1.54) is 0 Å². The number of carbonyl (C=O) groups is 1. The van der Waals surface area contributed by atoms with Crippen molar-refractivity contribution in [3.05, 3.63) is 41.0 Å². The van der Waals surface area contributed by atoms with Crippen LogP contribution < -0.4 is 10.6 Å². The average molecular weight is 391 g/mol. The number of benzene rings is 1. The zero-order valence-corrected chi connectivity index (χ0v) is 15.9. The monoisotopic (exact) mass is 390 g/mol. The van der Waals surface area contributed by atoms with Crippen LogP contribution >= 0.6 is 11.6 Å². The van der Waals surface area contributed by atoms with Crippen molar-refractivity contribution in [1.82, 2.24) is 20.1 Å². The summed E-state index contributed by atoms with van der Waals surface area (Å²) in [6, 6.07) is 7.82. The number of halogens is 1. The zero-order valence-electron chi connectivity index (χ0n) is 15.2. The SMILES string of the molecule is CCOC(=O)N1CCC(Nc2cnnc(NCc3ccc(Cl)cc3)n2)CC1. The van der Waals surface area contributed by atoms with Crippen molar-refractivity contribution < 1.29 is 9.53 Å². The van der Waals surface area contributed by atoms with Gasteiger partial charge in [0.2, 0.25) is 5.95 Å². The molecule has 3 rings (SSSR count). The third-order valence-electron chi connectivity index (χ3n) is 4.30. The first-order chi connectivity index (χ1) is 13.1. The molecule has 0 unspecified atom stereocenters. The Kier molecular flexibility index (Phi) is 6.64. The van der Waals surface area contributed by atoms with Crippen LogP contribution in [0.3, 0.4) is 0 Å². The van der Waals surface area contributed by atoms with Crippen molar-refractivity contribution in [2.75, 3.05) is 30.3 Å². The fourth-order valence-electron chi connectivity index (χ4n) is 2.86. The summed E-state index contributed by atoms with van der Waals surface area (Å²) in [4.78, 5) is 17.9. The normalized spacial score (nSPS) is 14.7. The van der Waals surface area contributed by atoms with Crippen LogP contribution in [-0.2, 0) is 11.3 Å². The predicted octanol–water partition coefficient (Wildman–Crippen LogP) is 3.17. The van der Waals surface area contributed by atoms with Crippen LogP contribution in [0.1, 0.15) is 25.3 Å². The second-order valence-corrected chi connectivity index (χ2v) is 6.69. The lowest BCUT2D eigenvalue weighted by atomic mass is 10.1. The number of aromatic nitrogens is 3. The Morgan fingerprint density at radius 3 is 2.74 bits per heavy atom. The average Bonchev–Trinajstić information content (AvgIpc) is 2.69. The summed E-state index contributed by atoms with van der Waals surface area (Å²) in [5, 5.41) is 15.2. The molecule has 1 aromatic carbocycles. The molecule has 1 aliphatic rings. The molecule has 8 nitrogen and oxygen atoms in total. The Bertz CT molecular complexity index is 750. The highest BCUT2D eigenvalue weighted by Crippen LogP contribution is 2.16. The van der Waals surface area contributed by atoms with E-state index in [0.29, 0.717) is 43.0 Å². The summed E-state index contributed by atoms with van der Waals surface area (Å²) in [6.45, 7) is 4.12. The highest BCUT2D eigenvalue weighted by atomic mass is 35.5. The molecule has 0 spiro atoms. The van der Waals surface area contributed by atoms with Crippen molar-refractivity contribution in [1.29, 1.82) is 0 Å². The number of nitrogens with one attached hydrogen (secondary N) is 2. The summed E-state index contributed by atoms with van der Waals surface area (Å²) in [6.07, 6.45) is 3.02. The fourth-order valence-corrected chi connectivity index (χ4v) is 2.99. The molecule has 2 N–H and O–H groups in total. The summed E-state index contributed by atoms with van der Waals surface area (Å²) in [7, 11) is 0. The van der Waals surface area contributed by atoms with Crippen LogP contribution in [0.25, 0.3) is 0 Å². The lowest BCUT2D eigenvalue weighted by Gasteiger charge is -2.31. The number of anilines is 2. The predicted molar refractivity (Wildman–Crippen MR) is 104 cm³/mol. The van der Waals surface area contributed by atoms with Gasteiger partial charge in [0.1, 0.15) is 0 Å². The van der Waals surface area contributed by atoms with Gasteiger partial charge in [0.25, 0.3) is 0 Å². The maximum Gasteiger partial charge on any atom is 0.409 e. The van der Waals surface area contributed by atoms with Crippen molar-refractivity contribution in [2.24, 2.45) is 0 Å². The van der Waals surface area contributed by atoms with E-state index in [4.69, 9.17) is 16.3 Å². The zero-order chi connectivity index (χ0) is 19.1. The van der Waals surface area contributed by atoms with E-state index in [2.05, 4.69) is 25.8 Å². The number of ether oxygens (including phenoxy) is 1. The van der Waals surface area contributed by atoms with Crippen molar-refractivity contribution in [3.8, 4) is 0 Å². The standard InChI is InChI=1S/C18H23ClN6O2/c1-2-27-18(26)25-9-7-15(8-10-25)22-16-12-21-24-17(23-16)20-11-13-3-5-14(19)6-4-13/h3-6,12,15H,2,7-11H2,1H3,(H2,20,22,23,24). The molecule has 0 aliphatic carbocycles. The number of nitrogens with zero attached hydrogens (tertiary/aromatic N) is 4. The molecule has 1 aromatic heterocycles. The summed E-state index contributed by atoms with van der Waals surface area (Å²) in [5.74, 6) is 1.12. The molecule has 27 heavy (non-hydrogen) atoms. The van der Waals surface area contributed by atoms with E-state index in [9.17, 15) is 4.79 Å². The lowest BCUT2D eigenvalue weighted by Crippen LogP contribution is -2.42. The molecule has 0 radical (unpaired) electrons. The topological polar surface area (TPSA) is 92.3 Å². The van der Waals surface area contributed by atoms with Crippen LogP contribution in [0.5, 0.6) is 0 Å². The first-order valence-corrected chi connectivity index (χ1v) is 9.38. The Morgan fingerprint density at radius 1 is 1.30 bits per heavy atom. The van der Waals surface area contributed by atoms with Gasteiger partial charge in [-0.15, -0.1) is 5.10 Å². The highest BCUT2D eigenvalue weighted by molar-refractivity contribution is 6.30. The molecular formula is C18H23ClN6O2. The molecule has 0 saturated carbocycles. The molecule has 2 heterocycles. The van der Waals surface area contributed by atoms with E-state index >= 15 is 0 Å². The van der Waals surface area contributed by atoms with Crippen LogP contribution in [0.4, 0.5) is 16.6 Å². The number of hydrogen-bond acceptors (Lipinski definition) is 7. The molecule has 9 heteroatoms. The quantitative estimate of drug-likeness (QED) is 0.782. The number of likely N-dealkylation sites (tertiary alicyclic amines) is 1. The second-order valence-electron chi connectivity index (χ2n) is 6.25. The third-order valence-corrected chi connectivity index (χ3v) is 4.55. The fraction of sp³-hybridized carbons (Fsp3) is 0.444. The lowest BCUT2D eigenvalue weighted by molar-refractivity contribution is 0.0983. The Labute approximate surface area is 163 Å². The van der Waals surface area contributed by atoms with Crippen LogP contribution in [0, 0.1) is 0 Å². The Hall–Kier alpha value is -2.61. The minimum atomic E-state index is -0.242. The van der Waals surface area contributed by atoms with Crippen molar-refractivity contribution >= 4 is 29.5 Å². The van der Waals surface area contributed by atoms with Crippen LogP contribution in [0.2, 0.25) is 5.02 Å². The smallest absolute Gasteiger partial charge is 0.409 e. The molecular weight excluding hydrogens is 368 g/mol. The van der Waals surface area contributed by atoms with Crippen LogP contribution in [-0.4, -0.2) is 51.9 Å². The van der Waals surface area contributed by atoms with Gasteiger partial charge in [-0.3, -0.25) is 0 Å². The number of amides is 1. The highest BCUT2D eigenvalue weighted by Gasteiger charge is 2.23. The molecule has 1 aliphatic heterocycles. The van der Waals surface area contributed by atoms with E-state index in [1.54, 1.807) is 11.1 Å². The Morgan fingerprint density at radius 2 is 2.04 bits per heavy atom. The maximum absolute atomic E-state index is 11.8. The van der Waals surface area contributed by atoms with E-state index in [1.807, 2.05) is 31.2 Å². The van der Waals surface area contributed by atoms with Gasteiger partial charge >= 0.3 is 6.09 Å². The summed E-state index contributed by atoms with van der Waals surface area (Å²) < 4.78 is 5.04. The largest absolute Gasteiger partial charge is 0.450 e. The van der Waals surface area contributed by atoms with Crippen molar-refractivity contribution in [3.63, 3.8) is 0 Å². The molecule has 1 fully saturated rings. The van der Waals surface area contributed by atoms with Crippen molar-refractivity contribution in [2.45, 2.75) is 32.4 Å². The van der Waals surface area contributed by atoms with E-state index in [-0.39, 0.29) is 12.1 Å². The first-order valence-electron chi connectivity index (χ1n) is 9.00. The van der Waals surface area contributed by atoms with E-state index < -0.39 is 0 Å². The molecule has 0 atom stereocenters. The second kappa shape index (κ2) is 9.36. The molecule has 1 amide bonds. The summed E-state index contributed by atoms with van der Waals surface area (Å²) in [5.41, 5.74) is 1.08. The Balaban J connectivity index is 1.49. The molecule has 1 saturated heterocycles. The van der Waals surface area contributed by atoms with Crippen LogP contribution in [0.15, 0.2) is 30.5 Å². The number of rotatable bonds is 6. The minimum absolute atomic E-state index is 0.233. The number of carbonyl (C=O) groups excluding carboxylic acids is 1. The van der Waals surface area contributed by atoms with Gasteiger partial charge in [0, 0.05) is 30.7 Å². The molecule has 144 valence electrons. The summed E-state index contributed by atoms with van der Waals surface area (Å²) >= 11 is 5.89. The number of piperidine rings is 1. The first kappa shape index (κ1) is 19.2. The van der Waals surface area contributed by atoms with Gasteiger partial charge in [-0.05, 0) is 37.5 Å².